The Morgan fingerprint density at radius 3 is 1.67 bits per heavy atom. The molecule has 0 heterocycles. The van der Waals surface area contributed by atoms with E-state index in [0.717, 1.165) is 17.1 Å². The molecule has 0 saturated carbocycles. The van der Waals surface area contributed by atoms with Gasteiger partial charge in [0, 0.05) is 22.5 Å². The maximum Gasteiger partial charge on any atom is 0.0726 e. The molecule has 7 aromatic carbocycles. The van der Waals surface area contributed by atoms with Crippen LogP contribution in [0, 0.1) is 0 Å². The Labute approximate surface area is 318 Å². The zero-order valence-corrected chi connectivity index (χ0v) is 31.0. The van der Waals surface area contributed by atoms with E-state index in [1.54, 1.807) is 0 Å². The monoisotopic (exact) mass is 691 g/mol. The normalized spacial score (nSPS) is 16.9. The maximum atomic E-state index is 4.48. The second-order valence-electron chi connectivity index (χ2n) is 15.3. The Hall–Kier alpha value is -6.44. The molecule has 0 aromatic heterocycles. The van der Waals surface area contributed by atoms with Gasteiger partial charge >= 0.3 is 0 Å². The van der Waals surface area contributed by atoms with Gasteiger partial charge in [0.2, 0.25) is 0 Å². The van der Waals surface area contributed by atoms with Crippen molar-refractivity contribution in [3.63, 3.8) is 0 Å². The Balaban J connectivity index is 1.24. The summed E-state index contributed by atoms with van der Waals surface area (Å²) < 4.78 is 0. The molecule has 258 valence electrons. The van der Waals surface area contributed by atoms with Crippen LogP contribution in [0.5, 0.6) is 0 Å². The largest absolute Gasteiger partial charge is 0.310 e. The van der Waals surface area contributed by atoms with E-state index < -0.39 is 5.41 Å². The van der Waals surface area contributed by atoms with Crippen LogP contribution in [0.15, 0.2) is 194 Å². The van der Waals surface area contributed by atoms with Crippen molar-refractivity contribution in [2.24, 2.45) is 0 Å². The minimum atomic E-state index is -0.492. The summed E-state index contributed by atoms with van der Waals surface area (Å²) in [5.41, 5.74) is 20.8. The molecular weight excluding hydrogens is 651 g/mol. The first kappa shape index (κ1) is 32.2. The van der Waals surface area contributed by atoms with Crippen LogP contribution in [-0.2, 0) is 10.8 Å². The molecule has 1 heteroatoms. The lowest BCUT2D eigenvalue weighted by atomic mass is 9.69. The van der Waals surface area contributed by atoms with E-state index in [-0.39, 0.29) is 5.41 Å². The number of hydrogen-bond donors (Lipinski definition) is 0. The van der Waals surface area contributed by atoms with Gasteiger partial charge in [-0.2, -0.15) is 0 Å². The quantitative estimate of drug-likeness (QED) is 0.168. The Morgan fingerprint density at radius 1 is 0.463 bits per heavy atom. The van der Waals surface area contributed by atoms with Gasteiger partial charge in [-0.25, -0.2) is 0 Å². The maximum absolute atomic E-state index is 4.48. The van der Waals surface area contributed by atoms with Crippen LogP contribution in [0.3, 0.4) is 0 Å². The van der Waals surface area contributed by atoms with Gasteiger partial charge in [0.15, 0.2) is 0 Å². The van der Waals surface area contributed by atoms with Crippen LogP contribution in [0.4, 0.5) is 17.1 Å². The fraction of sp³-hybridized carbons (Fsp3) is 0.0943. The van der Waals surface area contributed by atoms with E-state index in [1.165, 1.54) is 77.9 Å². The molecule has 1 spiro atoms. The third-order valence-electron chi connectivity index (χ3n) is 12.2. The fourth-order valence-corrected chi connectivity index (χ4v) is 9.87. The standard InChI is InChI=1S/C53H41N/c1-5-17-40-42-23-11-14-26-48(42)53(46(40)6-2)49-27-15-12-24-43(49)45-31-29-39(34-51(45)53)54(37-21-16-20-36(32-37)35-18-8-7-9-19-35)38-28-30-44-41-22-10-13-25-47(41)52(3,4)50(44)33-38/h5-34H,2H2,1,3-4H3/b17-5-. The first-order valence-corrected chi connectivity index (χ1v) is 19.0. The van der Waals surface area contributed by atoms with Gasteiger partial charge in [0.1, 0.15) is 0 Å². The summed E-state index contributed by atoms with van der Waals surface area (Å²) >= 11 is 0. The van der Waals surface area contributed by atoms with Crippen LogP contribution in [0.25, 0.3) is 39.0 Å². The molecule has 0 saturated heterocycles. The highest BCUT2D eigenvalue weighted by atomic mass is 15.1. The van der Waals surface area contributed by atoms with Crippen molar-refractivity contribution in [1.29, 1.82) is 0 Å². The number of nitrogens with zero attached hydrogens (tertiary/aromatic N) is 1. The summed E-state index contributed by atoms with van der Waals surface area (Å²) in [5, 5.41) is 0. The van der Waals surface area contributed by atoms with E-state index in [9.17, 15) is 0 Å². The Kier molecular flexibility index (Phi) is 7.19. The predicted molar refractivity (Wildman–Crippen MR) is 228 cm³/mol. The number of anilines is 3. The van der Waals surface area contributed by atoms with Gasteiger partial charge in [-0.1, -0.05) is 166 Å². The SMILES string of the molecule is C=CC1=C(/C=C\C)c2ccccc2C12c1ccccc1-c1ccc(N(c3cccc(-c4ccccc4)c3)c3ccc4c(c3)C(C)(C)c3ccccc3-4)cc12. The lowest BCUT2D eigenvalue weighted by Gasteiger charge is -2.33. The van der Waals surface area contributed by atoms with Crippen LogP contribution in [-0.4, -0.2) is 0 Å². The highest BCUT2D eigenvalue weighted by Crippen LogP contribution is 2.63. The smallest absolute Gasteiger partial charge is 0.0726 e. The highest BCUT2D eigenvalue weighted by molar-refractivity contribution is 5.99. The molecule has 7 aromatic rings. The average Bonchev–Trinajstić information content (AvgIpc) is 3.76. The molecular formula is C53H41N. The molecule has 0 amide bonds. The van der Waals surface area contributed by atoms with Gasteiger partial charge in [-0.15, -0.1) is 0 Å². The van der Waals surface area contributed by atoms with Crippen molar-refractivity contribution in [1.82, 2.24) is 0 Å². The van der Waals surface area contributed by atoms with Gasteiger partial charge in [-0.3, -0.25) is 0 Å². The molecule has 54 heavy (non-hydrogen) atoms. The van der Waals surface area contributed by atoms with Crippen LogP contribution in [0.2, 0.25) is 0 Å². The molecule has 1 unspecified atom stereocenters. The highest BCUT2D eigenvalue weighted by Gasteiger charge is 2.52. The molecule has 0 radical (unpaired) electrons. The molecule has 0 aliphatic heterocycles. The summed E-state index contributed by atoms with van der Waals surface area (Å²) in [6, 6.07) is 60.8. The molecule has 3 aliphatic carbocycles. The zero-order valence-electron chi connectivity index (χ0n) is 31.0. The number of benzene rings is 7. The minimum absolute atomic E-state index is 0.121. The Morgan fingerprint density at radius 2 is 0.981 bits per heavy atom. The molecule has 10 rings (SSSR count). The molecule has 0 N–H and O–H groups in total. The van der Waals surface area contributed by atoms with Gasteiger partial charge in [-0.05, 0) is 121 Å². The lowest BCUT2D eigenvalue weighted by molar-refractivity contribution is 0.660. The first-order chi connectivity index (χ1) is 26.5. The second-order valence-corrected chi connectivity index (χ2v) is 15.3. The van der Waals surface area contributed by atoms with E-state index in [2.05, 4.69) is 214 Å². The van der Waals surface area contributed by atoms with E-state index in [4.69, 9.17) is 0 Å². The predicted octanol–water partition coefficient (Wildman–Crippen LogP) is 14.0. The summed E-state index contributed by atoms with van der Waals surface area (Å²) in [4.78, 5) is 2.47. The molecule has 1 nitrogen and oxygen atoms in total. The molecule has 0 bridgehead atoms. The molecule has 1 atom stereocenters. The summed E-state index contributed by atoms with van der Waals surface area (Å²) in [7, 11) is 0. The number of allylic oxidation sites excluding steroid dienone is 5. The van der Waals surface area contributed by atoms with Crippen molar-refractivity contribution < 1.29 is 0 Å². The van der Waals surface area contributed by atoms with Crippen LogP contribution in [0.1, 0.15) is 54.2 Å². The summed E-state index contributed by atoms with van der Waals surface area (Å²) in [6.07, 6.45) is 6.53. The Bertz CT molecular complexity index is 2720. The van der Waals surface area contributed by atoms with Gasteiger partial charge < -0.3 is 4.90 Å². The summed E-state index contributed by atoms with van der Waals surface area (Å²) in [5.74, 6) is 0. The zero-order chi connectivity index (χ0) is 36.6. The number of fused-ring (bicyclic) bond motifs is 10. The van der Waals surface area contributed by atoms with Crippen molar-refractivity contribution >= 4 is 22.6 Å². The fourth-order valence-electron chi connectivity index (χ4n) is 9.87. The van der Waals surface area contributed by atoms with E-state index >= 15 is 0 Å². The van der Waals surface area contributed by atoms with E-state index in [1.807, 2.05) is 0 Å². The van der Waals surface area contributed by atoms with Crippen molar-refractivity contribution in [3.05, 3.63) is 228 Å². The van der Waals surface area contributed by atoms with E-state index in [0.29, 0.717) is 0 Å². The van der Waals surface area contributed by atoms with Crippen molar-refractivity contribution in [2.75, 3.05) is 4.90 Å². The summed E-state index contributed by atoms with van der Waals surface area (Å²) in [6.45, 7) is 11.3. The van der Waals surface area contributed by atoms with Crippen LogP contribution < -0.4 is 4.90 Å². The third kappa shape index (κ3) is 4.39. The average molecular weight is 692 g/mol. The second kappa shape index (κ2) is 12.0. The van der Waals surface area contributed by atoms with Crippen LogP contribution >= 0.6 is 0 Å². The topological polar surface area (TPSA) is 3.24 Å². The van der Waals surface area contributed by atoms with Crippen molar-refractivity contribution in [2.45, 2.75) is 31.6 Å². The molecule has 0 fully saturated rings. The number of hydrogen-bond acceptors (Lipinski definition) is 1. The minimum Gasteiger partial charge on any atom is -0.310 e. The third-order valence-corrected chi connectivity index (χ3v) is 12.2. The van der Waals surface area contributed by atoms with Gasteiger partial charge in [0.25, 0.3) is 0 Å². The lowest BCUT2D eigenvalue weighted by Crippen LogP contribution is -2.27. The van der Waals surface area contributed by atoms with Crippen molar-refractivity contribution in [3.8, 4) is 33.4 Å². The van der Waals surface area contributed by atoms with Gasteiger partial charge in [0.05, 0.1) is 5.41 Å². The molecule has 3 aliphatic rings. The number of rotatable bonds is 6. The first-order valence-electron chi connectivity index (χ1n) is 19.0.